The number of hydrogen-bond acceptors (Lipinski definition) is 5. The molecular formula is C24H38O6S. The molecule has 0 saturated heterocycles. The molecule has 0 aromatic heterocycles. The van der Waals surface area contributed by atoms with Gasteiger partial charge in [0.25, 0.3) is 0 Å². The highest BCUT2D eigenvalue weighted by atomic mass is 32.3. The maximum atomic E-state index is 10.8. The second kappa shape index (κ2) is 24.1. The van der Waals surface area contributed by atoms with E-state index < -0.39 is 10.4 Å². The van der Waals surface area contributed by atoms with Crippen LogP contribution in [0, 0.1) is 0 Å². The van der Waals surface area contributed by atoms with Crippen LogP contribution in [0.5, 0.6) is 0 Å². The Balaban J connectivity index is 0. The first kappa shape index (κ1) is 31.0. The molecule has 0 amide bonds. The van der Waals surface area contributed by atoms with Crippen LogP contribution < -0.4 is 0 Å². The Morgan fingerprint density at radius 3 is 1.61 bits per heavy atom. The molecule has 0 aliphatic rings. The fraction of sp³-hybridized carbons (Fsp3) is 0.458. The van der Waals surface area contributed by atoms with Crippen molar-refractivity contribution in [3.63, 3.8) is 0 Å². The van der Waals surface area contributed by atoms with E-state index in [0.717, 1.165) is 7.11 Å². The monoisotopic (exact) mass is 454 g/mol. The standard InChI is InChI=1S/C23H34O2.CH4O4S/c1-3-4-5-6-7-8-9-10-11-12-13-14-15-16-17-18-19-20-21-22-23(24)25-2;1-5-6(2,3)4/h11-22H,3-10H2,1-2H3;1H3,(H,2,3,4). The summed E-state index contributed by atoms with van der Waals surface area (Å²) in [5.41, 5.74) is 0. The molecule has 0 rings (SSSR count). The molecule has 0 unspecified atom stereocenters. The fourth-order valence-electron chi connectivity index (χ4n) is 2.11. The molecule has 0 fully saturated rings. The molecule has 0 aromatic carbocycles. The van der Waals surface area contributed by atoms with Crippen molar-refractivity contribution in [2.24, 2.45) is 0 Å². The molecule has 0 radical (unpaired) electrons. The average molecular weight is 455 g/mol. The van der Waals surface area contributed by atoms with Gasteiger partial charge in [-0.1, -0.05) is 112 Å². The normalized spacial score (nSPS) is 12.6. The van der Waals surface area contributed by atoms with Crippen LogP contribution in [0.1, 0.15) is 58.3 Å². The van der Waals surface area contributed by atoms with Gasteiger partial charge < -0.3 is 4.74 Å². The lowest BCUT2D eigenvalue weighted by molar-refractivity contribution is -0.134. The molecule has 0 spiro atoms. The van der Waals surface area contributed by atoms with Crippen LogP contribution in [0.3, 0.4) is 0 Å². The zero-order valence-corrected chi connectivity index (χ0v) is 19.8. The van der Waals surface area contributed by atoms with E-state index >= 15 is 0 Å². The largest absolute Gasteiger partial charge is 0.466 e. The van der Waals surface area contributed by atoms with Crippen LogP contribution >= 0.6 is 0 Å². The van der Waals surface area contributed by atoms with Crippen LogP contribution in [-0.4, -0.2) is 33.2 Å². The summed E-state index contributed by atoms with van der Waals surface area (Å²) in [4.78, 5) is 10.8. The van der Waals surface area contributed by atoms with Gasteiger partial charge in [0.15, 0.2) is 0 Å². The van der Waals surface area contributed by atoms with E-state index in [1.165, 1.54) is 64.6 Å². The maximum Gasteiger partial charge on any atom is 0.397 e. The number of esters is 1. The first-order valence-electron chi connectivity index (χ1n) is 10.5. The molecular weight excluding hydrogens is 416 g/mol. The van der Waals surface area contributed by atoms with Crippen molar-refractivity contribution in [1.82, 2.24) is 0 Å². The van der Waals surface area contributed by atoms with Gasteiger partial charge >= 0.3 is 16.4 Å². The number of allylic oxidation sites excluding steroid dienone is 11. The number of hydrogen-bond donors (Lipinski definition) is 1. The molecule has 6 nitrogen and oxygen atoms in total. The molecule has 0 atom stereocenters. The lowest BCUT2D eigenvalue weighted by Crippen LogP contribution is -1.96. The summed E-state index contributed by atoms with van der Waals surface area (Å²) in [6, 6.07) is 0. The number of unbranched alkanes of at least 4 members (excludes halogenated alkanes) is 7. The van der Waals surface area contributed by atoms with Gasteiger partial charge in [0.2, 0.25) is 0 Å². The minimum atomic E-state index is -4.16. The van der Waals surface area contributed by atoms with E-state index in [-0.39, 0.29) is 5.97 Å². The van der Waals surface area contributed by atoms with Gasteiger partial charge in [-0.05, 0) is 12.8 Å². The smallest absolute Gasteiger partial charge is 0.397 e. The van der Waals surface area contributed by atoms with Gasteiger partial charge in [-0.2, -0.15) is 8.42 Å². The summed E-state index contributed by atoms with van der Waals surface area (Å²) in [5, 5.41) is 0. The van der Waals surface area contributed by atoms with Crippen LogP contribution in [0.4, 0.5) is 0 Å². The maximum absolute atomic E-state index is 10.8. The Hall–Kier alpha value is -2.22. The molecule has 1 N–H and O–H groups in total. The van der Waals surface area contributed by atoms with Crippen molar-refractivity contribution >= 4 is 16.4 Å². The van der Waals surface area contributed by atoms with Gasteiger partial charge in [-0.25, -0.2) is 4.79 Å². The minimum Gasteiger partial charge on any atom is -0.466 e. The number of rotatable bonds is 15. The van der Waals surface area contributed by atoms with Gasteiger partial charge in [0.05, 0.1) is 14.2 Å². The lowest BCUT2D eigenvalue weighted by Gasteiger charge is -1.98. The Labute approximate surface area is 188 Å². The van der Waals surface area contributed by atoms with Crippen molar-refractivity contribution in [2.45, 2.75) is 58.3 Å². The molecule has 0 bridgehead atoms. The van der Waals surface area contributed by atoms with Gasteiger partial charge in [0.1, 0.15) is 0 Å². The first-order chi connectivity index (χ1) is 14.9. The van der Waals surface area contributed by atoms with E-state index in [0.29, 0.717) is 0 Å². The summed E-state index contributed by atoms with van der Waals surface area (Å²) in [6.07, 6.45) is 33.6. The van der Waals surface area contributed by atoms with E-state index in [2.05, 4.69) is 34.1 Å². The molecule has 0 aliphatic carbocycles. The second-order valence-electron chi connectivity index (χ2n) is 6.35. The van der Waals surface area contributed by atoms with Crippen LogP contribution in [0.15, 0.2) is 72.9 Å². The van der Waals surface area contributed by atoms with E-state index in [1.54, 1.807) is 12.2 Å². The van der Waals surface area contributed by atoms with Crippen LogP contribution in [0.25, 0.3) is 0 Å². The molecule has 31 heavy (non-hydrogen) atoms. The van der Waals surface area contributed by atoms with E-state index in [9.17, 15) is 13.2 Å². The summed E-state index contributed by atoms with van der Waals surface area (Å²) in [7, 11) is -1.93. The molecule has 0 saturated carbocycles. The highest BCUT2D eigenvalue weighted by molar-refractivity contribution is 7.80. The van der Waals surface area contributed by atoms with E-state index in [1.807, 2.05) is 36.5 Å². The van der Waals surface area contributed by atoms with Gasteiger partial charge in [-0.3, -0.25) is 8.74 Å². The average Bonchev–Trinajstić information content (AvgIpc) is 2.75. The SMILES string of the molecule is CCCCCCCCCC=CC=CC=CC=CC=CC=CC(=O)OC.COS(=O)(=O)O. The predicted octanol–water partition coefficient (Wildman–Crippen LogP) is 6.07. The Bertz CT molecular complexity index is 698. The fourth-order valence-corrected chi connectivity index (χ4v) is 2.11. The predicted molar refractivity (Wildman–Crippen MR) is 128 cm³/mol. The van der Waals surface area contributed by atoms with Gasteiger partial charge in [0, 0.05) is 6.08 Å². The second-order valence-corrected chi connectivity index (χ2v) is 7.54. The third-order valence-corrected chi connectivity index (χ3v) is 4.18. The Morgan fingerprint density at radius 1 is 0.742 bits per heavy atom. The zero-order valence-electron chi connectivity index (χ0n) is 19.0. The van der Waals surface area contributed by atoms with Crippen molar-refractivity contribution in [3.05, 3.63) is 72.9 Å². The summed E-state index contributed by atoms with van der Waals surface area (Å²) in [5.74, 6) is -0.348. The van der Waals surface area contributed by atoms with Crippen molar-refractivity contribution in [3.8, 4) is 0 Å². The van der Waals surface area contributed by atoms with Crippen LogP contribution in [0.2, 0.25) is 0 Å². The summed E-state index contributed by atoms with van der Waals surface area (Å²) < 4.78 is 34.2. The first-order valence-corrected chi connectivity index (χ1v) is 11.8. The number of ether oxygens (including phenoxy) is 1. The summed E-state index contributed by atoms with van der Waals surface area (Å²) in [6.45, 7) is 2.26. The molecule has 176 valence electrons. The quantitative estimate of drug-likeness (QED) is 0.106. The van der Waals surface area contributed by atoms with Crippen molar-refractivity contribution in [2.75, 3.05) is 14.2 Å². The minimum absolute atomic E-state index is 0.348. The third-order valence-electron chi connectivity index (χ3n) is 3.75. The number of methoxy groups -OCH3 is 1. The Morgan fingerprint density at radius 2 is 1.16 bits per heavy atom. The van der Waals surface area contributed by atoms with Gasteiger partial charge in [-0.15, -0.1) is 0 Å². The van der Waals surface area contributed by atoms with Crippen molar-refractivity contribution in [1.29, 1.82) is 0 Å². The van der Waals surface area contributed by atoms with E-state index in [4.69, 9.17) is 4.55 Å². The third kappa shape index (κ3) is 32.6. The van der Waals surface area contributed by atoms with Crippen molar-refractivity contribution < 1.29 is 26.7 Å². The highest BCUT2D eigenvalue weighted by Gasteiger charge is 1.94. The topological polar surface area (TPSA) is 89.9 Å². The molecule has 7 heteroatoms. The molecule has 0 heterocycles. The number of carbonyl (C=O) groups is 1. The number of carbonyl (C=O) groups excluding carboxylic acids is 1. The molecule has 0 aromatic rings. The highest BCUT2D eigenvalue weighted by Crippen LogP contribution is 2.08. The zero-order chi connectivity index (χ0) is 23.6. The van der Waals surface area contributed by atoms with Crippen LogP contribution in [-0.2, 0) is 24.1 Å². The Kier molecular flexibility index (Phi) is 24.0. The molecule has 0 aliphatic heterocycles. The summed E-state index contributed by atoms with van der Waals surface area (Å²) >= 11 is 0. The lowest BCUT2D eigenvalue weighted by atomic mass is 10.1.